The van der Waals surface area contributed by atoms with Gasteiger partial charge < -0.3 is 25.2 Å². The minimum Gasteiger partial charge on any atom is -0.480 e. The molecule has 1 aliphatic heterocycles. The molecule has 0 radical (unpaired) electrons. The van der Waals surface area contributed by atoms with Gasteiger partial charge in [0.1, 0.15) is 5.54 Å². The van der Waals surface area contributed by atoms with E-state index in [9.17, 15) is 19.2 Å². The number of carbonyl (C=O) groups is 4. The Bertz CT molecular complexity index is 762. The van der Waals surface area contributed by atoms with E-state index in [1.54, 1.807) is 11.8 Å². The topological polar surface area (TPSA) is 139 Å². The summed E-state index contributed by atoms with van der Waals surface area (Å²) in [5.41, 5.74) is 4.23. The van der Waals surface area contributed by atoms with Gasteiger partial charge in [0.25, 0.3) is 0 Å². The lowest BCUT2D eigenvalue weighted by molar-refractivity contribution is -0.151. The summed E-state index contributed by atoms with van der Waals surface area (Å²) >= 11 is 0. The van der Waals surface area contributed by atoms with E-state index >= 15 is 0 Å². The van der Waals surface area contributed by atoms with Crippen LogP contribution in [0.3, 0.4) is 0 Å². The van der Waals surface area contributed by atoms with Gasteiger partial charge in [0, 0.05) is 31.7 Å². The molecular formula is C22H33N3O7. The molecule has 1 fully saturated rings. The predicted molar refractivity (Wildman–Crippen MR) is 118 cm³/mol. The number of carbonyl (C=O) groups excluding carboxylic acids is 3. The number of aliphatic carboxylic acids is 1. The standard InChI is InChI=1S/C20H28N2O5.C2H5NO2/c1-4-17(23)22(16-8-6-5-7-9-16)20(19(25)27-3)11-14-21(15-12-20)13-10-18(24)26-2;3-1-2(4)5/h5-9H,4,10-15H2,1-3H3;1,3H2,(H,4,5). The number of nitrogens with two attached hydrogens (primary N) is 1. The first-order chi connectivity index (χ1) is 15.2. The lowest BCUT2D eigenvalue weighted by atomic mass is 9.84. The van der Waals surface area contributed by atoms with Gasteiger partial charge in [-0.2, -0.15) is 0 Å². The molecule has 0 aliphatic carbocycles. The molecule has 0 atom stereocenters. The molecule has 0 unspecified atom stereocenters. The molecule has 2 rings (SSSR count). The average Bonchev–Trinajstić information content (AvgIpc) is 2.83. The Labute approximate surface area is 188 Å². The van der Waals surface area contributed by atoms with Crippen molar-refractivity contribution in [2.45, 2.75) is 38.1 Å². The molecule has 10 heteroatoms. The van der Waals surface area contributed by atoms with Gasteiger partial charge in [-0.1, -0.05) is 25.1 Å². The molecule has 1 amide bonds. The van der Waals surface area contributed by atoms with E-state index in [-0.39, 0.29) is 18.4 Å². The maximum absolute atomic E-state index is 12.8. The normalized spacial score (nSPS) is 15.0. The zero-order chi connectivity index (χ0) is 24.1. The van der Waals surface area contributed by atoms with Gasteiger partial charge in [0.2, 0.25) is 5.91 Å². The molecule has 0 bridgehead atoms. The van der Waals surface area contributed by atoms with E-state index in [0.29, 0.717) is 51.0 Å². The Balaban J connectivity index is 0.000000920. The summed E-state index contributed by atoms with van der Waals surface area (Å²) in [5.74, 6) is -1.74. The van der Waals surface area contributed by atoms with Crippen molar-refractivity contribution in [1.82, 2.24) is 4.90 Å². The predicted octanol–water partition coefficient (Wildman–Crippen LogP) is 1.03. The number of hydrogen-bond donors (Lipinski definition) is 2. The fraction of sp³-hybridized carbons (Fsp3) is 0.545. The fourth-order valence-electron chi connectivity index (χ4n) is 3.57. The lowest BCUT2D eigenvalue weighted by Crippen LogP contribution is -2.62. The molecule has 0 spiro atoms. The minimum absolute atomic E-state index is 0.116. The number of esters is 2. The van der Waals surface area contributed by atoms with Crippen molar-refractivity contribution in [2.75, 3.05) is 45.3 Å². The zero-order valence-electron chi connectivity index (χ0n) is 18.9. The molecule has 3 N–H and O–H groups in total. The highest BCUT2D eigenvalue weighted by molar-refractivity contribution is 6.02. The number of anilines is 1. The van der Waals surface area contributed by atoms with Gasteiger partial charge in [-0.15, -0.1) is 0 Å². The summed E-state index contributed by atoms with van der Waals surface area (Å²) in [7, 11) is 2.72. The van der Waals surface area contributed by atoms with Gasteiger partial charge in [-0.05, 0) is 25.0 Å². The average molecular weight is 452 g/mol. The number of piperidine rings is 1. The fourth-order valence-corrected chi connectivity index (χ4v) is 3.57. The van der Waals surface area contributed by atoms with Crippen LogP contribution in [-0.4, -0.2) is 79.8 Å². The van der Waals surface area contributed by atoms with Crippen LogP contribution < -0.4 is 10.6 Å². The van der Waals surface area contributed by atoms with Gasteiger partial charge in [0.05, 0.1) is 27.2 Å². The van der Waals surface area contributed by atoms with Crippen molar-refractivity contribution in [3.63, 3.8) is 0 Å². The summed E-state index contributed by atoms with van der Waals surface area (Å²) in [5, 5.41) is 7.60. The van der Waals surface area contributed by atoms with Crippen molar-refractivity contribution >= 4 is 29.5 Å². The van der Waals surface area contributed by atoms with Crippen molar-refractivity contribution in [1.29, 1.82) is 0 Å². The number of amides is 1. The van der Waals surface area contributed by atoms with Crippen LogP contribution in [0.15, 0.2) is 30.3 Å². The first-order valence-corrected chi connectivity index (χ1v) is 10.4. The summed E-state index contributed by atoms with van der Waals surface area (Å²) < 4.78 is 9.80. The number of rotatable bonds is 8. The molecule has 1 aromatic rings. The minimum atomic E-state index is -1.04. The van der Waals surface area contributed by atoms with Crippen LogP contribution in [0.25, 0.3) is 0 Å². The molecule has 1 aromatic carbocycles. The monoisotopic (exact) mass is 451 g/mol. The molecular weight excluding hydrogens is 418 g/mol. The van der Waals surface area contributed by atoms with Crippen molar-refractivity contribution in [2.24, 2.45) is 5.73 Å². The number of carboxylic acid groups (broad SMARTS) is 1. The second-order valence-electron chi connectivity index (χ2n) is 7.21. The van der Waals surface area contributed by atoms with Gasteiger partial charge in [-0.25, -0.2) is 4.79 Å². The Morgan fingerprint density at radius 2 is 1.66 bits per heavy atom. The highest BCUT2D eigenvalue weighted by Crippen LogP contribution is 2.35. The van der Waals surface area contributed by atoms with E-state index in [1.165, 1.54) is 14.2 Å². The molecule has 32 heavy (non-hydrogen) atoms. The number of hydrogen-bond acceptors (Lipinski definition) is 8. The number of ether oxygens (including phenoxy) is 2. The van der Waals surface area contributed by atoms with Crippen LogP contribution in [0, 0.1) is 0 Å². The van der Waals surface area contributed by atoms with Crippen LogP contribution in [0.5, 0.6) is 0 Å². The van der Waals surface area contributed by atoms with Crippen LogP contribution in [0.1, 0.15) is 32.6 Å². The summed E-state index contributed by atoms with van der Waals surface area (Å²) in [4.78, 5) is 50.0. The maximum Gasteiger partial charge on any atom is 0.332 e. The second-order valence-corrected chi connectivity index (χ2v) is 7.21. The number of benzene rings is 1. The van der Waals surface area contributed by atoms with Crippen molar-refractivity contribution in [3.05, 3.63) is 30.3 Å². The maximum atomic E-state index is 12.8. The molecule has 0 aromatic heterocycles. The summed E-state index contributed by atoms with van der Waals surface area (Å²) in [6, 6.07) is 9.24. The molecule has 1 aliphatic rings. The third-order valence-corrected chi connectivity index (χ3v) is 5.28. The first kappa shape index (κ1) is 27.1. The van der Waals surface area contributed by atoms with E-state index in [2.05, 4.69) is 15.4 Å². The number of methoxy groups -OCH3 is 2. The zero-order valence-corrected chi connectivity index (χ0v) is 18.9. The van der Waals surface area contributed by atoms with Crippen LogP contribution in [-0.2, 0) is 28.7 Å². The molecule has 10 nitrogen and oxygen atoms in total. The molecule has 178 valence electrons. The Morgan fingerprint density at radius 1 is 1.09 bits per heavy atom. The van der Waals surface area contributed by atoms with E-state index in [1.807, 2.05) is 30.3 Å². The summed E-state index contributed by atoms with van der Waals surface area (Å²) in [6.45, 7) is 3.25. The Kier molecular flexibility index (Phi) is 11.4. The van der Waals surface area contributed by atoms with Gasteiger partial charge >= 0.3 is 17.9 Å². The highest BCUT2D eigenvalue weighted by atomic mass is 16.5. The highest BCUT2D eigenvalue weighted by Gasteiger charge is 2.49. The van der Waals surface area contributed by atoms with E-state index in [4.69, 9.17) is 9.84 Å². The van der Waals surface area contributed by atoms with Crippen LogP contribution in [0.2, 0.25) is 0 Å². The first-order valence-electron chi connectivity index (χ1n) is 10.4. The number of carboxylic acids is 1. The van der Waals surface area contributed by atoms with Gasteiger partial charge in [-0.3, -0.25) is 19.3 Å². The van der Waals surface area contributed by atoms with E-state index in [0.717, 1.165) is 0 Å². The van der Waals surface area contributed by atoms with Crippen molar-refractivity contribution < 1.29 is 33.8 Å². The second kappa shape index (κ2) is 13.4. The molecule has 0 saturated carbocycles. The number of para-hydroxylation sites is 1. The largest absolute Gasteiger partial charge is 0.480 e. The third kappa shape index (κ3) is 7.31. The van der Waals surface area contributed by atoms with Crippen molar-refractivity contribution in [3.8, 4) is 0 Å². The number of nitrogens with zero attached hydrogens (tertiary/aromatic N) is 2. The molecule has 1 heterocycles. The quantitative estimate of drug-likeness (QED) is 0.555. The molecule has 1 saturated heterocycles. The summed E-state index contributed by atoms with van der Waals surface area (Å²) in [6.07, 6.45) is 1.49. The smallest absolute Gasteiger partial charge is 0.332 e. The number of likely N-dealkylation sites (tertiary alicyclic amines) is 1. The Hall–Kier alpha value is -2.98. The van der Waals surface area contributed by atoms with Crippen LogP contribution in [0.4, 0.5) is 5.69 Å². The van der Waals surface area contributed by atoms with Gasteiger partial charge in [0.15, 0.2) is 0 Å². The lowest BCUT2D eigenvalue weighted by Gasteiger charge is -2.46. The Morgan fingerprint density at radius 3 is 2.09 bits per heavy atom. The van der Waals surface area contributed by atoms with Crippen LogP contribution >= 0.6 is 0 Å². The third-order valence-electron chi connectivity index (χ3n) is 5.28. The SMILES string of the molecule is CCC(=O)N(c1ccccc1)C1(C(=O)OC)CCN(CCC(=O)OC)CC1.NCC(=O)O. The van der Waals surface area contributed by atoms with E-state index < -0.39 is 17.5 Å².